The molecule has 1 aromatic carbocycles. The van der Waals surface area contributed by atoms with Gasteiger partial charge in [-0.1, -0.05) is 25.0 Å². The van der Waals surface area contributed by atoms with Gasteiger partial charge in [0.05, 0.1) is 13.2 Å². The van der Waals surface area contributed by atoms with E-state index in [0.29, 0.717) is 6.04 Å². The molecule has 0 radical (unpaired) electrons. The molecule has 0 aliphatic carbocycles. The van der Waals surface area contributed by atoms with Crippen LogP contribution in [0.3, 0.4) is 0 Å². The van der Waals surface area contributed by atoms with Crippen LogP contribution in [-0.4, -0.2) is 40.8 Å². The lowest BCUT2D eigenvalue weighted by Crippen LogP contribution is -2.24. The number of nitrogens with zero attached hydrogens (tertiary/aromatic N) is 3. The molecule has 0 unspecified atom stereocenters. The van der Waals surface area contributed by atoms with Gasteiger partial charge in [-0.2, -0.15) is 5.10 Å². The molecule has 2 heterocycles. The van der Waals surface area contributed by atoms with Crippen molar-refractivity contribution in [3.63, 3.8) is 0 Å². The molecular weight excluding hydrogens is 276 g/mol. The predicted octanol–water partition coefficient (Wildman–Crippen LogP) is 2.95. The summed E-state index contributed by atoms with van der Waals surface area (Å²) < 4.78 is 5.19. The van der Waals surface area contributed by atoms with Crippen molar-refractivity contribution in [2.75, 3.05) is 20.7 Å². The fourth-order valence-electron chi connectivity index (χ4n) is 3.05. The number of aromatic nitrogens is 3. The van der Waals surface area contributed by atoms with Crippen LogP contribution in [0.2, 0.25) is 0 Å². The van der Waals surface area contributed by atoms with Crippen LogP contribution in [0.4, 0.5) is 0 Å². The van der Waals surface area contributed by atoms with Crippen LogP contribution in [0.25, 0.3) is 0 Å². The lowest BCUT2D eigenvalue weighted by molar-refractivity contribution is 0.241. The zero-order valence-electron chi connectivity index (χ0n) is 13.4. The van der Waals surface area contributed by atoms with Crippen LogP contribution in [-0.2, 0) is 6.42 Å². The number of hydrogen-bond donors (Lipinski definition) is 1. The Morgan fingerprint density at radius 1 is 1.23 bits per heavy atom. The molecule has 1 aliphatic heterocycles. The maximum atomic E-state index is 5.19. The summed E-state index contributed by atoms with van der Waals surface area (Å²) in [5.41, 5.74) is 1.21. The molecule has 1 N–H and O–H groups in total. The van der Waals surface area contributed by atoms with E-state index in [0.717, 1.165) is 36.8 Å². The Kier molecular flexibility index (Phi) is 4.73. The van der Waals surface area contributed by atoms with E-state index in [1.807, 2.05) is 12.1 Å². The number of likely N-dealkylation sites (tertiary alicyclic amines) is 1. The molecule has 3 rings (SSSR count). The first kappa shape index (κ1) is 15.0. The first-order chi connectivity index (χ1) is 10.8. The lowest BCUT2D eigenvalue weighted by Gasteiger charge is -2.22. The van der Waals surface area contributed by atoms with E-state index in [4.69, 9.17) is 9.72 Å². The predicted molar refractivity (Wildman–Crippen MR) is 86.0 cm³/mol. The molecule has 1 atom stereocenters. The summed E-state index contributed by atoms with van der Waals surface area (Å²) in [6, 6.07) is 8.44. The van der Waals surface area contributed by atoms with Gasteiger partial charge >= 0.3 is 0 Å². The van der Waals surface area contributed by atoms with Crippen molar-refractivity contribution in [1.29, 1.82) is 0 Å². The normalized spacial score (nSPS) is 19.8. The highest BCUT2D eigenvalue weighted by Crippen LogP contribution is 2.26. The highest BCUT2D eigenvalue weighted by atomic mass is 16.5. The van der Waals surface area contributed by atoms with Crippen molar-refractivity contribution >= 4 is 0 Å². The maximum absolute atomic E-state index is 5.19. The Hall–Kier alpha value is -1.88. The van der Waals surface area contributed by atoms with Gasteiger partial charge in [0.25, 0.3) is 0 Å². The van der Waals surface area contributed by atoms with Gasteiger partial charge in [-0.05, 0) is 44.1 Å². The van der Waals surface area contributed by atoms with Crippen LogP contribution >= 0.6 is 0 Å². The molecule has 0 spiro atoms. The van der Waals surface area contributed by atoms with Gasteiger partial charge in [-0.3, -0.25) is 10.00 Å². The Labute approximate surface area is 131 Å². The molecule has 0 saturated carbocycles. The molecule has 5 nitrogen and oxygen atoms in total. The Morgan fingerprint density at radius 3 is 2.82 bits per heavy atom. The van der Waals surface area contributed by atoms with Crippen LogP contribution in [0.5, 0.6) is 5.75 Å². The number of methoxy groups -OCH3 is 1. The van der Waals surface area contributed by atoms with Gasteiger partial charge in [0.1, 0.15) is 11.6 Å². The van der Waals surface area contributed by atoms with Crippen molar-refractivity contribution in [1.82, 2.24) is 20.1 Å². The number of nitrogens with one attached hydrogen (secondary N) is 1. The summed E-state index contributed by atoms with van der Waals surface area (Å²) in [4.78, 5) is 7.11. The van der Waals surface area contributed by atoms with Gasteiger partial charge in [-0.25, -0.2) is 4.98 Å². The number of benzene rings is 1. The van der Waals surface area contributed by atoms with E-state index < -0.39 is 0 Å². The molecule has 22 heavy (non-hydrogen) atoms. The number of ether oxygens (including phenoxy) is 1. The third kappa shape index (κ3) is 3.47. The minimum Gasteiger partial charge on any atom is -0.497 e. The Morgan fingerprint density at radius 2 is 2.05 bits per heavy atom. The second-order valence-corrected chi connectivity index (χ2v) is 6.01. The molecule has 5 heteroatoms. The minimum absolute atomic E-state index is 0.350. The maximum Gasteiger partial charge on any atom is 0.167 e. The summed E-state index contributed by atoms with van der Waals surface area (Å²) in [5.74, 6) is 2.74. The smallest absolute Gasteiger partial charge is 0.167 e. The molecule has 118 valence electrons. The number of aromatic amines is 1. The van der Waals surface area contributed by atoms with E-state index in [1.165, 1.54) is 24.8 Å². The average molecular weight is 300 g/mol. The van der Waals surface area contributed by atoms with Crippen LogP contribution in [0.1, 0.15) is 48.9 Å². The van der Waals surface area contributed by atoms with E-state index >= 15 is 0 Å². The van der Waals surface area contributed by atoms with E-state index in [9.17, 15) is 0 Å². The molecule has 1 fully saturated rings. The van der Waals surface area contributed by atoms with Gasteiger partial charge in [0.2, 0.25) is 0 Å². The van der Waals surface area contributed by atoms with Crippen molar-refractivity contribution in [2.24, 2.45) is 0 Å². The monoisotopic (exact) mass is 300 g/mol. The summed E-state index contributed by atoms with van der Waals surface area (Å²) in [6.45, 7) is 1.13. The van der Waals surface area contributed by atoms with Gasteiger partial charge in [0.15, 0.2) is 5.82 Å². The third-order valence-corrected chi connectivity index (χ3v) is 4.40. The molecule has 1 aliphatic rings. The lowest BCUT2D eigenvalue weighted by atomic mass is 10.1. The van der Waals surface area contributed by atoms with Crippen LogP contribution in [0.15, 0.2) is 24.3 Å². The van der Waals surface area contributed by atoms with Crippen LogP contribution < -0.4 is 4.74 Å². The first-order valence-electron chi connectivity index (χ1n) is 8.00. The molecule has 0 amide bonds. The summed E-state index contributed by atoms with van der Waals surface area (Å²) >= 11 is 0. The van der Waals surface area contributed by atoms with E-state index in [2.05, 4.69) is 34.3 Å². The van der Waals surface area contributed by atoms with Gasteiger partial charge < -0.3 is 4.74 Å². The fraction of sp³-hybridized carbons (Fsp3) is 0.529. The van der Waals surface area contributed by atoms with Crippen LogP contribution in [0, 0.1) is 0 Å². The number of hydrogen-bond acceptors (Lipinski definition) is 4. The summed E-state index contributed by atoms with van der Waals surface area (Å²) in [5, 5.41) is 7.56. The van der Waals surface area contributed by atoms with Crippen molar-refractivity contribution in [3.8, 4) is 5.75 Å². The third-order valence-electron chi connectivity index (χ3n) is 4.40. The molecule has 1 aromatic heterocycles. The second-order valence-electron chi connectivity index (χ2n) is 6.01. The number of H-pyrrole nitrogens is 1. The highest BCUT2D eigenvalue weighted by Gasteiger charge is 2.23. The quantitative estimate of drug-likeness (QED) is 0.943. The molecule has 1 saturated heterocycles. The molecular formula is C17H24N4O. The average Bonchev–Trinajstić information content (AvgIpc) is 2.88. The summed E-state index contributed by atoms with van der Waals surface area (Å²) in [7, 11) is 3.86. The minimum atomic E-state index is 0.350. The SMILES string of the molecule is COc1ccc(Cc2nc([C@H]3CCCCCN3C)n[nH]2)cc1. The number of rotatable bonds is 4. The van der Waals surface area contributed by atoms with E-state index in [1.54, 1.807) is 7.11 Å². The summed E-state index contributed by atoms with van der Waals surface area (Å²) in [6.07, 6.45) is 5.77. The van der Waals surface area contributed by atoms with Crippen molar-refractivity contribution in [2.45, 2.75) is 38.1 Å². The van der Waals surface area contributed by atoms with E-state index in [-0.39, 0.29) is 0 Å². The topological polar surface area (TPSA) is 54.0 Å². The Balaban J connectivity index is 1.69. The standard InChI is InChI=1S/C17H24N4O/c1-21-11-5-3-4-6-15(21)17-18-16(19-20-17)12-13-7-9-14(22-2)10-8-13/h7-10,15H,3-6,11-12H2,1-2H3,(H,18,19,20)/t15-/m1/s1. The molecule has 0 bridgehead atoms. The van der Waals surface area contributed by atoms with Gasteiger partial charge in [-0.15, -0.1) is 0 Å². The van der Waals surface area contributed by atoms with Gasteiger partial charge in [0, 0.05) is 6.42 Å². The Bertz CT molecular complexity index is 593. The zero-order valence-corrected chi connectivity index (χ0v) is 13.4. The van der Waals surface area contributed by atoms with Crippen molar-refractivity contribution in [3.05, 3.63) is 41.5 Å². The zero-order chi connectivity index (χ0) is 15.4. The fourth-order valence-corrected chi connectivity index (χ4v) is 3.05. The first-order valence-corrected chi connectivity index (χ1v) is 8.00. The second kappa shape index (κ2) is 6.92. The van der Waals surface area contributed by atoms with Crippen molar-refractivity contribution < 1.29 is 4.74 Å². The largest absolute Gasteiger partial charge is 0.497 e. The molecule has 2 aromatic rings. The highest BCUT2D eigenvalue weighted by molar-refractivity contribution is 5.28.